The number of nitrogens with one attached hydrogen (secondary N) is 1. The third-order valence-electron chi connectivity index (χ3n) is 2.66. The Hall–Kier alpha value is -1.57. The van der Waals surface area contributed by atoms with E-state index in [1.54, 1.807) is 0 Å². The highest BCUT2D eigenvalue weighted by molar-refractivity contribution is 6.21. The molecule has 0 saturated carbocycles. The molecule has 20 heavy (non-hydrogen) atoms. The SMILES string of the molecule is CN=C(NCl)N(C)CCc1c(F)c(F)c(F)c(F)c1F. The summed E-state index contributed by atoms with van der Waals surface area (Å²) in [7, 11) is 2.91. The van der Waals surface area contributed by atoms with E-state index in [9.17, 15) is 22.0 Å². The van der Waals surface area contributed by atoms with E-state index in [0.29, 0.717) is 0 Å². The molecular weight excluding hydrogens is 305 g/mol. The normalized spacial score (nSPS) is 11.7. The van der Waals surface area contributed by atoms with Crippen LogP contribution in [0.15, 0.2) is 4.99 Å². The van der Waals surface area contributed by atoms with Crippen molar-refractivity contribution in [3.05, 3.63) is 34.6 Å². The first kappa shape index (κ1) is 16.5. The van der Waals surface area contributed by atoms with Crippen LogP contribution >= 0.6 is 11.8 Å². The molecule has 0 aliphatic rings. The summed E-state index contributed by atoms with van der Waals surface area (Å²) in [5, 5.41) is 0. The lowest BCUT2D eigenvalue weighted by Crippen LogP contribution is -2.35. The summed E-state index contributed by atoms with van der Waals surface area (Å²) in [5.41, 5.74) is -0.877. The van der Waals surface area contributed by atoms with Crippen molar-refractivity contribution in [1.29, 1.82) is 0 Å². The van der Waals surface area contributed by atoms with Crippen molar-refractivity contribution in [3.8, 4) is 0 Å². The number of likely N-dealkylation sites (N-methyl/N-ethyl adjacent to an activating group) is 1. The molecule has 0 unspecified atom stereocenters. The first-order valence-electron chi connectivity index (χ1n) is 5.40. The van der Waals surface area contributed by atoms with Crippen LogP contribution in [0, 0.1) is 29.1 Å². The molecule has 1 aromatic carbocycles. The smallest absolute Gasteiger partial charge is 0.208 e. The average Bonchev–Trinajstić information content (AvgIpc) is 2.44. The van der Waals surface area contributed by atoms with Gasteiger partial charge in [0.1, 0.15) is 0 Å². The van der Waals surface area contributed by atoms with E-state index < -0.39 is 41.1 Å². The van der Waals surface area contributed by atoms with Crippen LogP contribution in [-0.2, 0) is 6.42 Å². The van der Waals surface area contributed by atoms with E-state index in [1.807, 2.05) is 0 Å². The van der Waals surface area contributed by atoms with Gasteiger partial charge in [-0.25, -0.2) is 22.0 Å². The predicted octanol–water partition coefficient (Wildman–Crippen LogP) is 2.59. The summed E-state index contributed by atoms with van der Waals surface area (Å²) in [4.78, 5) is 7.28. The molecule has 0 amide bonds. The van der Waals surface area contributed by atoms with Crippen LogP contribution < -0.4 is 4.84 Å². The zero-order chi connectivity index (χ0) is 15.4. The minimum absolute atomic E-state index is 0.0508. The topological polar surface area (TPSA) is 27.6 Å². The van der Waals surface area contributed by atoms with E-state index in [4.69, 9.17) is 11.8 Å². The van der Waals surface area contributed by atoms with Gasteiger partial charge in [0, 0.05) is 38.0 Å². The molecular formula is C11H11ClF5N3. The van der Waals surface area contributed by atoms with Crippen LogP contribution in [-0.4, -0.2) is 31.5 Å². The summed E-state index contributed by atoms with van der Waals surface area (Å²) in [6, 6.07) is 0. The minimum Gasteiger partial charge on any atom is -0.345 e. The third-order valence-corrected chi connectivity index (χ3v) is 2.82. The average molecular weight is 316 g/mol. The zero-order valence-electron chi connectivity index (χ0n) is 10.6. The Morgan fingerprint density at radius 1 is 1.05 bits per heavy atom. The highest BCUT2D eigenvalue weighted by Crippen LogP contribution is 2.23. The first-order chi connectivity index (χ1) is 9.34. The van der Waals surface area contributed by atoms with E-state index in [1.165, 1.54) is 19.0 Å². The van der Waals surface area contributed by atoms with E-state index in [2.05, 4.69) is 9.83 Å². The highest BCUT2D eigenvalue weighted by atomic mass is 35.5. The van der Waals surface area contributed by atoms with Crippen molar-refractivity contribution in [2.45, 2.75) is 6.42 Å². The van der Waals surface area contributed by atoms with Gasteiger partial charge in [-0.2, -0.15) is 0 Å². The van der Waals surface area contributed by atoms with Gasteiger partial charge in [-0.1, -0.05) is 0 Å². The van der Waals surface area contributed by atoms with Crippen LogP contribution in [0.1, 0.15) is 5.56 Å². The van der Waals surface area contributed by atoms with Gasteiger partial charge in [0.05, 0.1) is 0 Å². The van der Waals surface area contributed by atoms with Crippen molar-refractivity contribution in [2.24, 2.45) is 4.99 Å². The molecule has 0 atom stereocenters. The van der Waals surface area contributed by atoms with Crippen LogP contribution in [0.25, 0.3) is 0 Å². The Kier molecular flexibility index (Phi) is 5.55. The molecule has 0 saturated heterocycles. The van der Waals surface area contributed by atoms with Crippen molar-refractivity contribution in [1.82, 2.24) is 9.74 Å². The molecule has 0 spiro atoms. The van der Waals surface area contributed by atoms with E-state index in [-0.39, 0.29) is 12.5 Å². The molecule has 1 rings (SSSR count). The third kappa shape index (κ3) is 3.12. The van der Waals surface area contributed by atoms with Gasteiger partial charge in [0.25, 0.3) is 0 Å². The second kappa shape index (κ2) is 6.74. The lowest BCUT2D eigenvalue weighted by molar-refractivity contribution is 0.366. The molecule has 112 valence electrons. The van der Waals surface area contributed by atoms with E-state index in [0.717, 1.165) is 0 Å². The Labute approximate surface area is 117 Å². The number of hydrogen-bond acceptors (Lipinski definition) is 1. The second-order valence-corrected chi connectivity index (χ2v) is 4.05. The number of halogens is 6. The maximum absolute atomic E-state index is 13.4. The quantitative estimate of drug-likeness (QED) is 0.232. The number of hydrogen-bond donors (Lipinski definition) is 1. The number of nitrogens with zero attached hydrogens (tertiary/aromatic N) is 2. The standard InChI is InChI=1S/C11H11ClF5N3/c1-18-11(19-12)20(2)4-3-5-6(13)8(15)10(17)9(16)7(5)14/h3-4H2,1-2H3,(H,18,19). The van der Waals surface area contributed by atoms with Crippen molar-refractivity contribution >= 4 is 17.7 Å². The predicted molar refractivity (Wildman–Crippen MR) is 64.9 cm³/mol. The monoisotopic (exact) mass is 315 g/mol. The molecule has 3 nitrogen and oxygen atoms in total. The Balaban J connectivity index is 3.00. The van der Waals surface area contributed by atoms with Gasteiger partial charge in [-0.3, -0.25) is 9.83 Å². The maximum atomic E-state index is 13.4. The number of aliphatic imine (C=N–C) groups is 1. The van der Waals surface area contributed by atoms with Gasteiger partial charge in [0.2, 0.25) is 11.8 Å². The minimum atomic E-state index is -2.17. The molecule has 0 heterocycles. The molecule has 0 bridgehead atoms. The summed E-state index contributed by atoms with van der Waals surface area (Å²) in [6.45, 7) is -0.0508. The Morgan fingerprint density at radius 2 is 1.50 bits per heavy atom. The van der Waals surface area contributed by atoms with Crippen LogP contribution in [0.5, 0.6) is 0 Å². The largest absolute Gasteiger partial charge is 0.345 e. The molecule has 0 fully saturated rings. The van der Waals surface area contributed by atoms with Crippen LogP contribution in [0.3, 0.4) is 0 Å². The molecule has 1 aromatic rings. The molecule has 0 aliphatic carbocycles. The highest BCUT2D eigenvalue weighted by Gasteiger charge is 2.25. The van der Waals surface area contributed by atoms with E-state index >= 15 is 0 Å². The molecule has 0 aromatic heterocycles. The summed E-state index contributed by atoms with van der Waals surface area (Å²) >= 11 is 5.34. The number of rotatable bonds is 3. The van der Waals surface area contributed by atoms with Crippen molar-refractivity contribution < 1.29 is 22.0 Å². The number of guanidine groups is 1. The van der Waals surface area contributed by atoms with Gasteiger partial charge in [0.15, 0.2) is 23.3 Å². The molecule has 0 aliphatic heterocycles. The lowest BCUT2D eigenvalue weighted by atomic mass is 10.1. The fourth-order valence-electron chi connectivity index (χ4n) is 1.54. The maximum Gasteiger partial charge on any atom is 0.208 e. The van der Waals surface area contributed by atoms with Gasteiger partial charge in [-0.15, -0.1) is 0 Å². The van der Waals surface area contributed by atoms with Crippen LogP contribution in [0.2, 0.25) is 0 Å². The fourth-order valence-corrected chi connectivity index (χ4v) is 1.77. The number of benzene rings is 1. The molecule has 0 radical (unpaired) electrons. The first-order valence-corrected chi connectivity index (χ1v) is 5.77. The molecule has 9 heteroatoms. The van der Waals surface area contributed by atoms with Gasteiger partial charge < -0.3 is 4.90 Å². The summed E-state index contributed by atoms with van der Waals surface area (Å²) < 4.78 is 65.6. The zero-order valence-corrected chi connectivity index (χ0v) is 11.3. The van der Waals surface area contributed by atoms with Gasteiger partial charge >= 0.3 is 0 Å². The van der Waals surface area contributed by atoms with Crippen molar-refractivity contribution in [2.75, 3.05) is 20.6 Å². The Bertz CT molecular complexity index is 506. The molecule has 1 N–H and O–H groups in total. The summed E-state index contributed by atoms with van der Waals surface area (Å²) in [5.74, 6) is -9.55. The van der Waals surface area contributed by atoms with Crippen molar-refractivity contribution in [3.63, 3.8) is 0 Å². The fraction of sp³-hybridized carbons (Fsp3) is 0.364. The summed E-state index contributed by atoms with van der Waals surface area (Å²) in [6.07, 6.45) is -0.403. The lowest BCUT2D eigenvalue weighted by Gasteiger charge is -2.19. The Morgan fingerprint density at radius 3 is 1.90 bits per heavy atom. The van der Waals surface area contributed by atoms with Crippen LogP contribution in [0.4, 0.5) is 22.0 Å². The second-order valence-electron chi connectivity index (χ2n) is 3.86. The van der Waals surface area contributed by atoms with Gasteiger partial charge in [-0.05, 0) is 6.42 Å².